The van der Waals surface area contributed by atoms with E-state index in [1.54, 1.807) is 0 Å². The third-order valence-corrected chi connectivity index (χ3v) is 0.636. The Bertz CT molecular complexity index is 32.5. The van der Waals surface area contributed by atoms with Crippen molar-refractivity contribution in [1.29, 1.82) is 0 Å². The van der Waals surface area contributed by atoms with E-state index < -0.39 is 12.4 Å². The number of halogens is 1. The minimum Gasteiger partial charge on any atom is -0.426 e. The minimum atomic E-state index is -1.38. The molecule has 0 aromatic rings. The van der Waals surface area contributed by atoms with E-state index in [1.807, 2.05) is 0 Å². The maximum Gasteiger partial charge on any atom is 0.470 e. The molecule has 0 aliphatic carbocycles. The van der Waals surface area contributed by atoms with Crippen molar-refractivity contribution in [3.63, 3.8) is 0 Å². The van der Waals surface area contributed by atoms with Gasteiger partial charge in [0.2, 0.25) is 0 Å². The zero-order valence-electron chi connectivity index (χ0n) is 3.43. The maximum atomic E-state index is 8.05. The zero-order chi connectivity index (χ0) is 5.15. The molecule has 0 aliphatic heterocycles. The van der Waals surface area contributed by atoms with Crippen LogP contribution < -0.4 is 0 Å². The molecular formula is C2H6BClO2. The zero-order valence-corrected chi connectivity index (χ0v) is 4.18. The van der Waals surface area contributed by atoms with Crippen LogP contribution in [0, 0.1) is 0 Å². The van der Waals surface area contributed by atoms with Crippen LogP contribution in [0.15, 0.2) is 0 Å². The normalized spacial score (nSPS) is 14.0. The lowest BCUT2D eigenvalue weighted by Gasteiger charge is -1.94. The monoisotopic (exact) mass is 108 g/mol. The Kier molecular flexibility index (Phi) is 2.56. The molecule has 6 heavy (non-hydrogen) atoms. The average molecular weight is 108 g/mol. The summed E-state index contributed by atoms with van der Waals surface area (Å²) < 4.78 is 0. The van der Waals surface area contributed by atoms with Gasteiger partial charge in [-0.15, -0.1) is 11.6 Å². The lowest BCUT2D eigenvalue weighted by atomic mass is 9.87. The highest BCUT2D eigenvalue weighted by Crippen LogP contribution is 1.91. The summed E-state index contributed by atoms with van der Waals surface area (Å²) in [5.41, 5.74) is 0. The van der Waals surface area contributed by atoms with E-state index in [-0.39, 0.29) is 0 Å². The van der Waals surface area contributed by atoms with Crippen molar-refractivity contribution in [2.45, 2.75) is 12.2 Å². The van der Waals surface area contributed by atoms with Crippen LogP contribution >= 0.6 is 11.6 Å². The fourth-order valence-corrected chi connectivity index (χ4v) is 0. The summed E-state index contributed by atoms with van der Waals surface area (Å²) in [6, 6.07) is 0. The second-order valence-electron chi connectivity index (χ2n) is 1.09. The SMILES string of the molecule is C[C@@H](Cl)B(O)O. The molecule has 0 fully saturated rings. The lowest BCUT2D eigenvalue weighted by molar-refractivity contribution is 0.404. The van der Waals surface area contributed by atoms with Crippen molar-refractivity contribution in [3.8, 4) is 0 Å². The molecule has 0 rings (SSSR count). The smallest absolute Gasteiger partial charge is 0.426 e. The van der Waals surface area contributed by atoms with Gasteiger partial charge >= 0.3 is 7.12 Å². The van der Waals surface area contributed by atoms with E-state index in [4.69, 9.17) is 21.6 Å². The van der Waals surface area contributed by atoms with Crippen molar-refractivity contribution in [2.75, 3.05) is 0 Å². The molecule has 0 aliphatic rings. The van der Waals surface area contributed by atoms with Crippen molar-refractivity contribution in [2.24, 2.45) is 0 Å². The lowest BCUT2D eigenvalue weighted by Crippen LogP contribution is -2.22. The molecule has 1 atom stereocenters. The van der Waals surface area contributed by atoms with Crippen LogP contribution in [0.2, 0.25) is 0 Å². The standard InChI is InChI=1S/C2H6BClO2/c1-2(4)3(5)6/h2,5-6H,1H3/t2-/m1/s1. The molecule has 0 spiro atoms. The molecule has 0 bridgehead atoms. The third kappa shape index (κ3) is 2.51. The summed E-state index contributed by atoms with van der Waals surface area (Å²) in [4.78, 5) is 0. The highest BCUT2D eigenvalue weighted by Gasteiger charge is 2.12. The average Bonchev–Trinajstić information content (AvgIpc) is 1.36. The van der Waals surface area contributed by atoms with Crippen LogP contribution in [0.3, 0.4) is 0 Å². The van der Waals surface area contributed by atoms with Crippen LogP contribution in [0.5, 0.6) is 0 Å². The van der Waals surface area contributed by atoms with Crippen LogP contribution in [-0.4, -0.2) is 22.4 Å². The van der Waals surface area contributed by atoms with Gasteiger partial charge in [0, 0.05) is 0 Å². The summed E-state index contributed by atoms with van der Waals surface area (Å²) >= 11 is 5.11. The summed E-state index contributed by atoms with van der Waals surface area (Å²) in [6.07, 6.45) is 0. The Morgan fingerprint density at radius 2 is 1.83 bits per heavy atom. The van der Waals surface area contributed by atoms with E-state index in [1.165, 1.54) is 6.92 Å². The van der Waals surface area contributed by atoms with Crippen molar-refractivity contribution >= 4 is 18.7 Å². The van der Waals surface area contributed by atoms with Gasteiger partial charge in [-0.3, -0.25) is 0 Å². The number of alkyl halides is 1. The van der Waals surface area contributed by atoms with E-state index in [0.29, 0.717) is 0 Å². The predicted molar refractivity (Wildman–Crippen MR) is 25.5 cm³/mol. The molecular weight excluding hydrogens is 102 g/mol. The largest absolute Gasteiger partial charge is 0.470 e. The molecule has 0 heterocycles. The topological polar surface area (TPSA) is 40.5 Å². The maximum absolute atomic E-state index is 8.05. The Morgan fingerprint density at radius 1 is 1.67 bits per heavy atom. The molecule has 0 saturated heterocycles. The highest BCUT2D eigenvalue weighted by molar-refractivity contribution is 6.56. The molecule has 0 saturated carbocycles. The minimum absolute atomic E-state index is 0.565. The first kappa shape index (κ1) is 6.27. The van der Waals surface area contributed by atoms with Gasteiger partial charge in [-0.2, -0.15) is 0 Å². The first-order valence-corrected chi connectivity index (χ1v) is 2.08. The molecule has 0 unspecified atom stereocenters. The Hall–Kier alpha value is 0.275. The summed E-state index contributed by atoms with van der Waals surface area (Å²) in [6.45, 7) is 1.51. The number of hydrogen-bond donors (Lipinski definition) is 2. The third-order valence-electron chi connectivity index (χ3n) is 0.411. The quantitative estimate of drug-likeness (QED) is 0.355. The molecule has 0 aromatic carbocycles. The van der Waals surface area contributed by atoms with Gasteiger partial charge in [0.25, 0.3) is 0 Å². The molecule has 36 valence electrons. The highest BCUT2D eigenvalue weighted by atomic mass is 35.5. The second-order valence-corrected chi connectivity index (χ2v) is 1.78. The van der Waals surface area contributed by atoms with Crippen molar-refractivity contribution in [1.82, 2.24) is 0 Å². The van der Waals surface area contributed by atoms with Crippen LogP contribution in [-0.2, 0) is 0 Å². The summed E-state index contributed by atoms with van der Waals surface area (Å²) in [5.74, 6) is 0. The predicted octanol–water partition coefficient (Wildman–Crippen LogP) is -0.374. The van der Waals surface area contributed by atoms with E-state index in [0.717, 1.165) is 0 Å². The van der Waals surface area contributed by atoms with Crippen LogP contribution in [0.1, 0.15) is 6.92 Å². The van der Waals surface area contributed by atoms with Gasteiger partial charge in [0.05, 0.1) is 5.28 Å². The summed E-state index contributed by atoms with van der Waals surface area (Å²) in [5, 5.41) is 15.5. The summed E-state index contributed by atoms with van der Waals surface area (Å²) in [7, 11) is -1.38. The Labute approximate surface area is 41.9 Å². The van der Waals surface area contributed by atoms with Gasteiger partial charge in [-0.25, -0.2) is 0 Å². The fourth-order valence-electron chi connectivity index (χ4n) is 0. The molecule has 2 N–H and O–H groups in total. The second kappa shape index (κ2) is 2.45. The molecule has 0 amide bonds. The van der Waals surface area contributed by atoms with Gasteiger partial charge < -0.3 is 10.0 Å². The van der Waals surface area contributed by atoms with E-state index in [2.05, 4.69) is 0 Å². The Balaban J connectivity index is 2.99. The molecule has 4 heteroatoms. The first-order valence-electron chi connectivity index (χ1n) is 1.65. The van der Waals surface area contributed by atoms with Gasteiger partial charge in [0.15, 0.2) is 0 Å². The van der Waals surface area contributed by atoms with Crippen LogP contribution in [0.25, 0.3) is 0 Å². The number of hydrogen-bond acceptors (Lipinski definition) is 2. The van der Waals surface area contributed by atoms with Crippen molar-refractivity contribution < 1.29 is 10.0 Å². The van der Waals surface area contributed by atoms with Gasteiger partial charge in [0.1, 0.15) is 0 Å². The van der Waals surface area contributed by atoms with Gasteiger partial charge in [-0.05, 0) is 0 Å². The van der Waals surface area contributed by atoms with Crippen molar-refractivity contribution in [3.05, 3.63) is 0 Å². The molecule has 2 nitrogen and oxygen atoms in total. The molecule has 0 aromatic heterocycles. The Morgan fingerprint density at radius 3 is 1.83 bits per heavy atom. The van der Waals surface area contributed by atoms with Crippen LogP contribution in [0.4, 0.5) is 0 Å². The van der Waals surface area contributed by atoms with Gasteiger partial charge in [-0.1, -0.05) is 6.92 Å². The molecule has 0 radical (unpaired) electrons. The fraction of sp³-hybridized carbons (Fsp3) is 1.00. The number of rotatable bonds is 1. The first-order chi connectivity index (χ1) is 2.64. The van der Waals surface area contributed by atoms with E-state index >= 15 is 0 Å². The van der Waals surface area contributed by atoms with E-state index in [9.17, 15) is 0 Å².